The van der Waals surface area contributed by atoms with E-state index in [0.29, 0.717) is 22.9 Å². The average Bonchev–Trinajstić information content (AvgIpc) is 2.76. The van der Waals surface area contributed by atoms with E-state index in [-0.39, 0.29) is 17.8 Å². The van der Waals surface area contributed by atoms with Gasteiger partial charge < -0.3 is 15.4 Å². The van der Waals surface area contributed by atoms with E-state index in [2.05, 4.69) is 24.8 Å². The van der Waals surface area contributed by atoms with Gasteiger partial charge in [-0.3, -0.25) is 0 Å². The van der Waals surface area contributed by atoms with Crippen LogP contribution in [0.15, 0.2) is 43.2 Å². The first-order chi connectivity index (χ1) is 14.5. The molecule has 3 aromatic rings. The maximum atomic E-state index is 14.2. The second-order valence-electron chi connectivity index (χ2n) is 7.75. The van der Waals surface area contributed by atoms with Crippen LogP contribution in [0.4, 0.5) is 10.2 Å². The number of hydrogen-bond acceptors (Lipinski definition) is 7. The van der Waals surface area contributed by atoms with Gasteiger partial charge in [0.25, 0.3) is 0 Å². The van der Waals surface area contributed by atoms with E-state index in [1.165, 1.54) is 24.8 Å². The van der Waals surface area contributed by atoms with Gasteiger partial charge in [-0.1, -0.05) is 13.8 Å². The molecule has 7 nitrogen and oxygen atoms in total. The molecule has 1 aromatic carbocycles. The fourth-order valence-electron chi connectivity index (χ4n) is 3.66. The molecular weight excluding hydrogens is 383 g/mol. The van der Waals surface area contributed by atoms with Gasteiger partial charge in [-0.05, 0) is 37.0 Å². The van der Waals surface area contributed by atoms with E-state index in [0.717, 1.165) is 37.2 Å². The summed E-state index contributed by atoms with van der Waals surface area (Å²) in [6, 6.07) is 4.65. The molecule has 0 spiro atoms. The lowest BCUT2D eigenvalue weighted by Gasteiger charge is -2.31. The molecule has 1 fully saturated rings. The number of rotatable bonds is 5. The number of nitrogens with two attached hydrogens (primary N) is 1. The maximum Gasteiger partial charge on any atom is 0.188 e. The fourth-order valence-corrected chi connectivity index (χ4v) is 3.66. The summed E-state index contributed by atoms with van der Waals surface area (Å²) in [6.07, 6.45) is 8.12. The van der Waals surface area contributed by atoms with Crippen LogP contribution in [0.2, 0.25) is 0 Å². The normalized spacial score (nSPS) is 14.9. The third-order valence-corrected chi connectivity index (χ3v) is 5.24. The lowest BCUT2D eigenvalue weighted by molar-refractivity contribution is 0.461. The minimum atomic E-state index is -0.356. The van der Waals surface area contributed by atoms with Crippen molar-refractivity contribution in [3.05, 3.63) is 54.8 Å². The number of ether oxygens (including phenoxy) is 1. The molecule has 8 heteroatoms. The number of benzene rings is 1. The predicted molar refractivity (Wildman–Crippen MR) is 113 cm³/mol. The van der Waals surface area contributed by atoms with Crippen LogP contribution in [-0.2, 0) is 0 Å². The summed E-state index contributed by atoms with van der Waals surface area (Å²) in [7, 11) is 0. The Kier molecular flexibility index (Phi) is 5.85. The molecule has 0 saturated carbocycles. The summed E-state index contributed by atoms with van der Waals surface area (Å²) in [4.78, 5) is 19.3. The highest BCUT2D eigenvalue weighted by Gasteiger charge is 2.22. The zero-order valence-electron chi connectivity index (χ0n) is 17.1. The molecule has 0 bridgehead atoms. The summed E-state index contributed by atoms with van der Waals surface area (Å²) < 4.78 is 20.4. The van der Waals surface area contributed by atoms with E-state index in [9.17, 15) is 4.39 Å². The molecule has 30 heavy (non-hydrogen) atoms. The van der Waals surface area contributed by atoms with Gasteiger partial charge >= 0.3 is 0 Å². The fraction of sp³-hybridized carbons (Fsp3) is 0.364. The number of halogens is 1. The van der Waals surface area contributed by atoms with Crippen LogP contribution in [-0.4, -0.2) is 39.1 Å². The van der Waals surface area contributed by atoms with Crippen LogP contribution < -0.4 is 15.4 Å². The molecule has 0 atom stereocenters. The Morgan fingerprint density at radius 1 is 1.03 bits per heavy atom. The Morgan fingerprint density at radius 2 is 1.77 bits per heavy atom. The smallest absolute Gasteiger partial charge is 0.188 e. The first-order valence-electron chi connectivity index (χ1n) is 10.1. The van der Waals surface area contributed by atoms with E-state index in [4.69, 9.17) is 10.5 Å². The summed E-state index contributed by atoms with van der Waals surface area (Å²) in [5.74, 6) is 1.51. The molecule has 2 aromatic heterocycles. The highest BCUT2D eigenvalue weighted by molar-refractivity contribution is 5.73. The van der Waals surface area contributed by atoms with Crippen molar-refractivity contribution in [2.45, 2.75) is 38.6 Å². The Labute approximate surface area is 175 Å². The Hall–Kier alpha value is -3.13. The Bertz CT molecular complexity index is 1020. The second kappa shape index (κ2) is 8.71. The van der Waals surface area contributed by atoms with E-state index in [1.54, 1.807) is 18.5 Å². The van der Waals surface area contributed by atoms with Gasteiger partial charge in [-0.15, -0.1) is 0 Å². The van der Waals surface area contributed by atoms with Crippen LogP contribution in [0, 0.1) is 5.82 Å². The molecule has 3 heterocycles. The van der Waals surface area contributed by atoms with Crippen LogP contribution >= 0.6 is 0 Å². The van der Waals surface area contributed by atoms with Crippen molar-refractivity contribution in [1.82, 2.24) is 19.9 Å². The number of hydrogen-bond donors (Lipinski definition) is 1. The third-order valence-electron chi connectivity index (χ3n) is 5.24. The molecular formula is C22H25FN6O. The van der Waals surface area contributed by atoms with Crippen LogP contribution in [0.1, 0.15) is 38.3 Å². The molecule has 4 rings (SSSR count). The van der Waals surface area contributed by atoms with Crippen LogP contribution in [0.5, 0.6) is 11.5 Å². The first kappa shape index (κ1) is 20.2. The van der Waals surface area contributed by atoms with Crippen molar-refractivity contribution in [2.75, 3.05) is 18.0 Å². The quantitative estimate of drug-likeness (QED) is 0.684. The largest absolute Gasteiger partial charge is 0.451 e. The van der Waals surface area contributed by atoms with E-state index >= 15 is 0 Å². The van der Waals surface area contributed by atoms with Gasteiger partial charge in [0.2, 0.25) is 0 Å². The summed E-state index contributed by atoms with van der Waals surface area (Å²) >= 11 is 0. The Balaban J connectivity index is 1.73. The number of nitrogens with zero attached hydrogens (tertiary/aromatic N) is 5. The molecule has 2 N–H and O–H groups in total. The Morgan fingerprint density at radius 3 is 2.53 bits per heavy atom. The van der Waals surface area contributed by atoms with Gasteiger partial charge in [0.05, 0.1) is 11.9 Å². The van der Waals surface area contributed by atoms with Crippen molar-refractivity contribution in [3.63, 3.8) is 0 Å². The van der Waals surface area contributed by atoms with Crippen molar-refractivity contribution in [3.8, 4) is 22.6 Å². The number of piperidine rings is 1. The summed E-state index contributed by atoms with van der Waals surface area (Å²) in [6.45, 7) is 5.68. The SMILES string of the molecule is CC(C)c1ncncc1-c1cc(F)ccc1Oc1cncnc1N1CCC(N)CC1. The van der Waals surface area contributed by atoms with Gasteiger partial charge in [0, 0.05) is 36.5 Å². The average molecular weight is 408 g/mol. The lowest BCUT2D eigenvalue weighted by Crippen LogP contribution is -2.40. The minimum absolute atomic E-state index is 0.146. The molecule has 1 aliphatic heterocycles. The van der Waals surface area contributed by atoms with E-state index in [1.807, 2.05) is 13.8 Å². The molecule has 156 valence electrons. The van der Waals surface area contributed by atoms with Crippen LogP contribution in [0.3, 0.4) is 0 Å². The molecule has 1 saturated heterocycles. The van der Waals surface area contributed by atoms with E-state index < -0.39 is 0 Å². The highest BCUT2D eigenvalue weighted by Crippen LogP contribution is 2.39. The topological polar surface area (TPSA) is 90.0 Å². The molecule has 0 amide bonds. The molecule has 0 aliphatic carbocycles. The lowest BCUT2D eigenvalue weighted by atomic mass is 9.98. The monoisotopic (exact) mass is 408 g/mol. The number of aromatic nitrogens is 4. The summed E-state index contributed by atoms with van der Waals surface area (Å²) in [5.41, 5.74) is 8.20. The summed E-state index contributed by atoms with van der Waals surface area (Å²) in [5, 5.41) is 0. The minimum Gasteiger partial charge on any atom is -0.451 e. The molecule has 0 unspecified atom stereocenters. The standard InChI is InChI=1S/C22H25FN6O/c1-14(2)21-18(10-25-12-27-21)17-9-15(23)3-4-19(17)30-20-11-26-13-28-22(20)29-7-5-16(24)6-8-29/h3-4,9-14,16H,5-8,24H2,1-2H3. The van der Waals surface area contributed by atoms with Crippen molar-refractivity contribution in [1.29, 1.82) is 0 Å². The van der Waals surface area contributed by atoms with Gasteiger partial charge in [-0.25, -0.2) is 24.3 Å². The van der Waals surface area contributed by atoms with Gasteiger partial charge in [0.1, 0.15) is 24.2 Å². The van der Waals surface area contributed by atoms with Crippen LogP contribution in [0.25, 0.3) is 11.1 Å². The zero-order valence-corrected chi connectivity index (χ0v) is 17.1. The van der Waals surface area contributed by atoms with Crippen molar-refractivity contribution in [2.24, 2.45) is 5.73 Å². The second-order valence-corrected chi connectivity index (χ2v) is 7.75. The van der Waals surface area contributed by atoms with Gasteiger partial charge in [0.15, 0.2) is 11.6 Å². The maximum absolute atomic E-state index is 14.2. The molecule has 0 radical (unpaired) electrons. The van der Waals surface area contributed by atoms with Crippen molar-refractivity contribution >= 4 is 5.82 Å². The zero-order chi connectivity index (χ0) is 21.1. The predicted octanol–water partition coefficient (Wildman–Crippen LogP) is 3.92. The molecule has 1 aliphatic rings. The van der Waals surface area contributed by atoms with Crippen molar-refractivity contribution < 1.29 is 9.13 Å². The number of anilines is 1. The first-order valence-corrected chi connectivity index (χ1v) is 10.1. The third kappa shape index (κ3) is 4.23. The van der Waals surface area contributed by atoms with Gasteiger partial charge in [-0.2, -0.15) is 0 Å². The highest BCUT2D eigenvalue weighted by atomic mass is 19.1.